The largest absolute Gasteiger partial charge is 0.424 e. The zero-order chi connectivity index (χ0) is 20.4. The molecule has 28 heavy (non-hydrogen) atoms. The summed E-state index contributed by atoms with van der Waals surface area (Å²) in [6, 6.07) is 10.7. The number of thiazole rings is 1. The summed E-state index contributed by atoms with van der Waals surface area (Å²) in [7, 11) is 0. The molecule has 0 aliphatic heterocycles. The van der Waals surface area contributed by atoms with E-state index in [9.17, 15) is 23.1 Å². The molecule has 1 amide bonds. The molecule has 6 nitrogen and oxygen atoms in total. The van der Waals surface area contributed by atoms with Crippen LogP contribution in [0.4, 0.5) is 19.0 Å². The molecule has 0 saturated carbocycles. The van der Waals surface area contributed by atoms with Gasteiger partial charge in [0.25, 0.3) is 0 Å². The first-order valence-corrected chi connectivity index (χ1v) is 9.14. The van der Waals surface area contributed by atoms with Crippen LogP contribution >= 0.6 is 11.3 Å². The van der Waals surface area contributed by atoms with Crippen molar-refractivity contribution in [3.63, 3.8) is 0 Å². The van der Waals surface area contributed by atoms with Gasteiger partial charge in [0.2, 0.25) is 11.5 Å². The third-order valence-electron chi connectivity index (χ3n) is 4.02. The summed E-state index contributed by atoms with van der Waals surface area (Å²) >= 11 is 0.660. The van der Waals surface area contributed by atoms with Crippen molar-refractivity contribution in [2.75, 3.05) is 5.32 Å². The number of hydrogen-bond donors (Lipinski definition) is 2. The fourth-order valence-electron chi connectivity index (χ4n) is 2.58. The number of nitrogens with one attached hydrogen (secondary N) is 1. The first-order chi connectivity index (χ1) is 13.2. The molecule has 0 aliphatic rings. The van der Waals surface area contributed by atoms with Crippen molar-refractivity contribution in [1.29, 1.82) is 0 Å². The summed E-state index contributed by atoms with van der Waals surface area (Å²) in [4.78, 5) is 16.0. The fourth-order valence-corrected chi connectivity index (χ4v) is 3.50. The van der Waals surface area contributed by atoms with E-state index in [1.54, 1.807) is 0 Å². The maximum atomic E-state index is 13.5. The molecule has 3 aromatic rings. The number of alkyl halides is 3. The van der Waals surface area contributed by atoms with Gasteiger partial charge in [0.05, 0.1) is 19.2 Å². The molecule has 0 radical (unpaired) electrons. The molecule has 0 aliphatic carbocycles. The highest BCUT2D eigenvalue weighted by atomic mass is 32.1. The number of benzene rings is 1. The van der Waals surface area contributed by atoms with Crippen molar-refractivity contribution in [2.24, 2.45) is 0 Å². The average molecular weight is 410 g/mol. The van der Waals surface area contributed by atoms with Crippen molar-refractivity contribution in [2.45, 2.75) is 31.7 Å². The third-order valence-corrected chi connectivity index (χ3v) is 5.13. The predicted octanol–water partition coefficient (Wildman–Crippen LogP) is 3.48. The highest BCUT2D eigenvalue weighted by molar-refractivity contribution is 7.09. The zero-order valence-electron chi connectivity index (χ0n) is 14.8. The SMILES string of the molecule is Cc1csc(C(O)(CC(=O)Nc2ccnn2Cc2ccccc2)C(F)(F)F)n1. The van der Waals surface area contributed by atoms with Gasteiger partial charge in [0, 0.05) is 17.1 Å². The average Bonchev–Trinajstić information content (AvgIpc) is 3.24. The van der Waals surface area contributed by atoms with Gasteiger partial charge in [0.1, 0.15) is 10.8 Å². The second-order valence-corrected chi connectivity index (χ2v) is 7.09. The van der Waals surface area contributed by atoms with Gasteiger partial charge < -0.3 is 10.4 Å². The maximum absolute atomic E-state index is 13.5. The Balaban J connectivity index is 1.77. The van der Waals surface area contributed by atoms with E-state index in [4.69, 9.17) is 0 Å². The molecule has 1 unspecified atom stereocenters. The molecule has 0 bridgehead atoms. The van der Waals surface area contributed by atoms with Crippen LogP contribution in [0.3, 0.4) is 0 Å². The number of nitrogens with zero attached hydrogens (tertiary/aromatic N) is 3. The lowest BCUT2D eigenvalue weighted by atomic mass is 9.99. The van der Waals surface area contributed by atoms with Crippen LogP contribution in [0.15, 0.2) is 48.0 Å². The highest BCUT2D eigenvalue weighted by Gasteiger charge is 2.58. The molecule has 2 N–H and O–H groups in total. The molecule has 3 rings (SSSR count). The molecule has 1 aromatic carbocycles. The minimum absolute atomic E-state index is 0.230. The van der Waals surface area contributed by atoms with Crippen LogP contribution in [0.5, 0.6) is 0 Å². The molecular weight excluding hydrogens is 393 g/mol. The summed E-state index contributed by atoms with van der Waals surface area (Å²) in [6.45, 7) is 1.84. The Labute approximate surface area is 162 Å². The smallest absolute Gasteiger partial charge is 0.374 e. The number of aromatic nitrogens is 3. The van der Waals surface area contributed by atoms with E-state index in [1.165, 1.54) is 29.2 Å². The molecule has 0 saturated heterocycles. The molecule has 148 valence electrons. The lowest BCUT2D eigenvalue weighted by molar-refractivity contribution is -0.266. The number of hydrogen-bond acceptors (Lipinski definition) is 5. The van der Waals surface area contributed by atoms with Gasteiger partial charge in [-0.2, -0.15) is 18.3 Å². The highest BCUT2D eigenvalue weighted by Crippen LogP contribution is 2.42. The second kappa shape index (κ2) is 7.72. The Bertz CT molecular complexity index is 955. The lowest BCUT2D eigenvalue weighted by Crippen LogP contribution is -2.45. The van der Waals surface area contributed by atoms with E-state index in [2.05, 4.69) is 15.4 Å². The molecule has 0 fully saturated rings. The van der Waals surface area contributed by atoms with Crippen LogP contribution in [-0.4, -0.2) is 32.0 Å². The number of anilines is 1. The van der Waals surface area contributed by atoms with Crippen LogP contribution in [0, 0.1) is 6.92 Å². The molecular formula is C18H17F3N4O2S. The first-order valence-electron chi connectivity index (χ1n) is 8.26. The molecule has 1 atom stereocenters. The lowest BCUT2D eigenvalue weighted by Gasteiger charge is -2.27. The first kappa shape index (κ1) is 20.0. The Hall–Kier alpha value is -2.72. The van der Waals surface area contributed by atoms with E-state index < -0.39 is 29.1 Å². The Morgan fingerprint density at radius 3 is 2.57 bits per heavy atom. The van der Waals surface area contributed by atoms with Gasteiger partial charge in [-0.05, 0) is 12.5 Å². The summed E-state index contributed by atoms with van der Waals surface area (Å²) in [5.74, 6) is -0.767. The topological polar surface area (TPSA) is 80.0 Å². The minimum Gasteiger partial charge on any atom is -0.374 e. The number of aliphatic hydroxyl groups is 1. The molecule has 2 heterocycles. The third kappa shape index (κ3) is 4.23. The van der Waals surface area contributed by atoms with Crippen molar-refractivity contribution < 1.29 is 23.1 Å². The summed E-state index contributed by atoms with van der Waals surface area (Å²) < 4.78 is 42.0. The van der Waals surface area contributed by atoms with Crippen LogP contribution in [0.25, 0.3) is 0 Å². The quantitative estimate of drug-likeness (QED) is 0.652. The summed E-state index contributed by atoms with van der Waals surface area (Å²) in [6.07, 6.45) is -4.84. The van der Waals surface area contributed by atoms with E-state index in [0.29, 0.717) is 23.6 Å². The van der Waals surface area contributed by atoms with Gasteiger partial charge in [-0.3, -0.25) is 4.79 Å². The number of aryl methyl sites for hydroxylation is 1. The van der Waals surface area contributed by atoms with E-state index in [1.807, 2.05) is 30.3 Å². The van der Waals surface area contributed by atoms with Gasteiger partial charge >= 0.3 is 6.18 Å². The number of carbonyl (C=O) groups is 1. The van der Waals surface area contributed by atoms with E-state index in [-0.39, 0.29) is 5.82 Å². The van der Waals surface area contributed by atoms with Crippen molar-refractivity contribution in [3.8, 4) is 0 Å². The zero-order valence-corrected chi connectivity index (χ0v) is 15.6. The van der Waals surface area contributed by atoms with E-state index >= 15 is 0 Å². The van der Waals surface area contributed by atoms with Gasteiger partial charge in [0.15, 0.2) is 0 Å². The Morgan fingerprint density at radius 2 is 1.96 bits per heavy atom. The standard InChI is InChI=1S/C18H17F3N4O2S/c1-12-11-28-16(23-12)17(27,18(19,20)21)9-15(26)24-14-7-8-22-25(14)10-13-5-3-2-4-6-13/h2-8,11,27H,9-10H2,1H3,(H,24,26). The van der Waals surface area contributed by atoms with Crippen LogP contribution in [0.1, 0.15) is 22.7 Å². The number of rotatable bonds is 6. The van der Waals surface area contributed by atoms with Crippen LogP contribution in [0.2, 0.25) is 0 Å². The van der Waals surface area contributed by atoms with Gasteiger partial charge in [-0.25, -0.2) is 9.67 Å². The van der Waals surface area contributed by atoms with E-state index in [0.717, 1.165) is 5.56 Å². The summed E-state index contributed by atoms with van der Waals surface area (Å²) in [5.41, 5.74) is -2.11. The fraction of sp³-hybridized carbons (Fsp3) is 0.278. The van der Waals surface area contributed by atoms with Crippen LogP contribution in [-0.2, 0) is 16.9 Å². The Kier molecular flexibility index (Phi) is 5.52. The van der Waals surface area contributed by atoms with Gasteiger partial charge in [-0.15, -0.1) is 11.3 Å². The minimum atomic E-state index is -5.06. The second-order valence-electron chi connectivity index (χ2n) is 6.24. The normalized spacial score (nSPS) is 13.9. The number of carbonyl (C=O) groups excluding carboxylic acids is 1. The number of halogens is 3. The molecule has 0 spiro atoms. The van der Waals surface area contributed by atoms with Crippen LogP contribution < -0.4 is 5.32 Å². The van der Waals surface area contributed by atoms with Crippen molar-refractivity contribution in [1.82, 2.24) is 14.8 Å². The molecule has 10 heteroatoms. The monoisotopic (exact) mass is 410 g/mol. The number of amides is 1. The van der Waals surface area contributed by atoms with Gasteiger partial charge in [-0.1, -0.05) is 30.3 Å². The summed E-state index contributed by atoms with van der Waals surface area (Å²) in [5, 5.41) is 17.6. The van der Waals surface area contributed by atoms with Crippen molar-refractivity contribution in [3.05, 3.63) is 64.2 Å². The maximum Gasteiger partial charge on any atom is 0.424 e. The predicted molar refractivity (Wildman–Crippen MR) is 97.8 cm³/mol. The van der Waals surface area contributed by atoms with Crippen molar-refractivity contribution >= 4 is 23.1 Å². The molecule has 2 aromatic heterocycles. The Morgan fingerprint density at radius 1 is 1.25 bits per heavy atom.